The Morgan fingerprint density at radius 2 is 1.64 bits per heavy atom. The highest BCUT2D eigenvalue weighted by atomic mass is 15.2. The maximum atomic E-state index is 3.23. The molecule has 0 amide bonds. The number of hydrogen-bond acceptors (Lipinski definition) is 2. The summed E-state index contributed by atoms with van der Waals surface area (Å²) in [5.74, 6) is 1.06. The lowest BCUT2D eigenvalue weighted by molar-refractivity contribution is 1.44. The minimum absolute atomic E-state index is 1.06. The second-order valence-corrected chi connectivity index (χ2v) is 2.50. The smallest absolute Gasteiger partial charge is 0.103 e. The molecule has 2 nitrogen and oxygen atoms in total. The van der Waals surface area contributed by atoms with E-state index in [1.54, 1.807) is 0 Å². The van der Waals surface area contributed by atoms with Gasteiger partial charge in [0.25, 0.3) is 0 Å². The van der Waals surface area contributed by atoms with E-state index in [2.05, 4.69) is 22.8 Å². The van der Waals surface area contributed by atoms with Crippen LogP contribution in [0.15, 0.2) is 36.2 Å². The average Bonchev–Trinajstić information content (AvgIpc) is 2.46. The summed E-state index contributed by atoms with van der Waals surface area (Å²) in [4.78, 5) is 0. The predicted molar refractivity (Wildman–Crippen MR) is 47.4 cm³/mol. The van der Waals surface area contributed by atoms with E-state index >= 15 is 0 Å². The van der Waals surface area contributed by atoms with Crippen LogP contribution in [0.1, 0.15) is 6.92 Å². The molecule has 0 spiro atoms. The van der Waals surface area contributed by atoms with Crippen molar-refractivity contribution in [2.24, 2.45) is 0 Å². The summed E-state index contributed by atoms with van der Waals surface area (Å²) in [6, 6.07) is 8.15. The van der Waals surface area contributed by atoms with Gasteiger partial charge in [-0.1, -0.05) is 12.1 Å². The molecule has 1 aliphatic heterocycles. The van der Waals surface area contributed by atoms with Gasteiger partial charge in [-0.25, -0.2) is 0 Å². The van der Waals surface area contributed by atoms with Crippen molar-refractivity contribution in [3.05, 3.63) is 36.2 Å². The molecule has 1 heterocycles. The number of benzene rings is 1. The summed E-state index contributed by atoms with van der Waals surface area (Å²) < 4.78 is 0. The molecule has 0 aliphatic carbocycles. The average molecular weight is 146 g/mol. The Morgan fingerprint density at radius 1 is 1.09 bits per heavy atom. The minimum atomic E-state index is 1.06. The van der Waals surface area contributed by atoms with Crippen molar-refractivity contribution in [2.75, 3.05) is 10.6 Å². The summed E-state index contributed by atoms with van der Waals surface area (Å²) in [5.41, 5.74) is 2.31. The first-order valence-electron chi connectivity index (χ1n) is 3.69. The van der Waals surface area contributed by atoms with E-state index in [1.807, 2.05) is 25.1 Å². The predicted octanol–water partition coefficient (Wildman–Crippen LogP) is 2.39. The molecule has 11 heavy (non-hydrogen) atoms. The molecular weight excluding hydrogens is 136 g/mol. The van der Waals surface area contributed by atoms with Gasteiger partial charge in [0.2, 0.25) is 0 Å². The van der Waals surface area contributed by atoms with E-state index in [0.29, 0.717) is 0 Å². The van der Waals surface area contributed by atoms with E-state index in [1.165, 1.54) is 0 Å². The Kier molecular flexibility index (Phi) is 1.32. The molecule has 0 aromatic heterocycles. The number of anilines is 2. The first-order chi connectivity index (χ1) is 5.40. The van der Waals surface area contributed by atoms with Crippen molar-refractivity contribution in [2.45, 2.75) is 6.92 Å². The summed E-state index contributed by atoms with van der Waals surface area (Å²) in [6.07, 6.45) is 2.01. The van der Waals surface area contributed by atoms with Gasteiger partial charge in [-0.05, 0) is 25.1 Å². The van der Waals surface area contributed by atoms with Crippen molar-refractivity contribution in [1.29, 1.82) is 0 Å². The third kappa shape index (κ3) is 0.963. The highest BCUT2D eigenvalue weighted by Crippen LogP contribution is 2.29. The number of rotatable bonds is 0. The summed E-state index contributed by atoms with van der Waals surface area (Å²) in [5, 5.41) is 6.47. The molecular formula is C9H10N2. The first kappa shape index (κ1) is 6.28. The summed E-state index contributed by atoms with van der Waals surface area (Å²) in [6.45, 7) is 2.00. The van der Waals surface area contributed by atoms with Gasteiger partial charge in [0.05, 0.1) is 11.4 Å². The quantitative estimate of drug-likeness (QED) is 0.587. The van der Waals surface area contributed by atoms with Crippen molar-refractivity contribution >= 4 is 11.4 Å². The van der Waals surface area contributed by atoms with E-state index in [4.69, 9.17) is 0 Å². The second-order valence-electron chi connectivity index (χ2n) is 2.50. The van der Waals surface area contributed by atoms with Gasteiger partial charge < -0.3 is 10.6 Å². The number of allylic oxidation sites excluding steroid dienone is 1. The van der Waals surface area contributed by atoms with Crippen LogP contribution in [0.3, 0.4) is 0 Å². The Bertz CT molecular complexity index is 275. The molecule has 56 valence electrons. The fraction of sp³-hybridized carbons (Fsp3) is 0.111. The van der Waals surface area contributed by atoms with E-state index in [-0.39, 0.29) is 0 Å². The van der Waals surface area contributed by atoms with Gasteiger partial charge in [-0.3, -0.25) is 0 Å². The van der Waals surface area contributed by atoms with E-state index in [9.17, 15) is 0 Å². The van der Waals surface area contributed by atoms with Crippen LogP contribution >= 0.6 is 0 Å². The van der Waals surface area contributed by atoms with Crippen LogP contribution in [0.5, 0.6) is 0 Å². The largest absolute Gasteiger partial charge is 0.340 e. The van der Waals surface area contributed by atoms with Crippen LogP contribution in [0, 0.1) is 0 Å². The molecule has 0 bridgehead atoms. The van der Waals surface area contributed by atoms with Crippen LogP contribution in [-0.2, 0) is 0 Å². The molecule has 2 N–H and O–H groups in total. The maximum absolute atomic E-state index is 3.23. The monoisotopic (exact) mass is 146 g/mol. The summed E-state index contributed by atoms with van der Waals surface area (Å²) >= 11 is 0. The van der Waals surface area contributed by atoms with Gasteiger partial charge in [0.1, 0.15) is 5.82 Å². The van der Waals surface area contributed by atoms with Gasteiger partial charge >= 0.3 is 0 Å². The molecule has 0 saturated heterocycles. The molecule has 0 fully saturated rings. The molecule has 0 saturated carbocycles. The lowest BCUT2D eigenvalue weighted by atomic mass is 10.3. The van der Waals surface area contributed by atoms with Gasteiger partial charge in [-0.15, -0.1) is 0 Å². The molecule has 1 aromatic rings. The molecule has 0 atom stereocenters. The zero-order valence-electron chi connectivity index (χ0n) is 6.39. The van der Waals surface area contributed by atoms with E-state index < -0.39 is 0 Å². The van der Waals surface area contributed by atoms with Crippen LogP contribution in [0.25, 0.3) is 0 Å². The Balaban J connectivity index is 2.41. The van der Waals surface area contributed by atoms with Crippen molar-refractivity contribution in [3.8, 4) is 0 Å². The highest BCUT2D eigenvalue weighted by molar-refractivity contribution is 5.78. The van der Waals surface area contributed by atoms with Crippen molar-refractivity contribution in [3.63, 3.8) is 0 Å². The molecule has 2 rings (SSSR count). The highest BCUT2D eigenvalue weighted by Gasteiger charge is 2.10. The lowest BCUT2D eigenvalue weighted by Crippen LogP contribution is -1.96. The normalized spacial score (nSPS) is 13.4. The van der Waals surface area contributed by atoms with Gasteiger partial charge in [0.15, 0.2) is 0 Å². The zero-order valence-corrected chi connectivity index (χ0v) is 6.39. The summed E-state index contributed by atoms with van der Waals surface area (Å²) in [7, 11) is 0. The lowest BCUT2D eigenvalue weighted by Gasteiger charge is -1.94. The number of nitrogens with one attached hydrogen (secondary N) is 2. The van der Waals surface area contributed by atoms with Gasteiger partial charge in [0, 0.05) is 0 Å². The zero-order chi connectivity index (χ0) is 7.68. The number of hydrogen-bond donors (Lipinski definition) is 2. The Labute approximate surface area is 65.9 Å². The number of fused-ring (bicyclic) bond motifs is 1. The van der Waals surface area contributed by atoms with Crippen LogP contribution in [0.2, 0.25) is 0 Å². The van der Waals surface area contributed by atoms with Crippen LogP contribution in [0.4, 0.5) is 11.4 Å². The van der Waals surface area contributed by atoms with Crippen LogP contribution < -0.4 is 10.6 Å². The molecule has 0 radical (unpaired) electrons. The molecule has 2 heteroatoms. The third-order valence-electron chi connectivity index (χ3n) is 1.75. The Hall–Kier alpha value is -1.44. The molecule has 0 unspecified atom stereocenters. The second kappa shape index (κ2) is 2.31. The van der Waals surface area contributed by atoms with Crippen molar-refractivity contribution in [1.82, 2.24) is 0 Å². The molecule has 1 aliphatic rings. The fourth-order valence-corrected chi connectivity index (χ4v) is 1.17. The first-order valence-corrected chi connectivity index (χ1v) is 3.69. The van der Waals surface area contributed by atoms with Crippen LogP contribution in [-0.4, -0.2) is 0 Å². The minimum Gasteiger partial charge on any atom is -0.340 e. The maximum Gasteiger partial charge on any atom is 0.103 e. The topological polar surface area (TPSA) is 24.1 Å². The van der Waals surface area contributed by atoms with E-state index in [0.717, 1.165) is 17.2 Å². The number of para-hydroxylation sites is 2. The SMILES string of the molecule is CC=C1Nc2ccccc2N1. The fourth-order valence-electron chi connectivity index (χ4n) is 1.17. The Morgan fingerprint density at radius 3 is 2.09 bits per heavy atom. The van der Waals surface area contributed by atoms with Gasteiger partial charge in [-0.2, -0.15) is 0 Å². The molecule has 1 aromatic carbocycles. The van der Waals surface area contributed by atoms with Crippen molar-refractivity contribution < 1.29 is 0 Å². The standard InChI is InChI=1S/C9H10N2/c1-2-9-10-7-5-3-4-6-8(7)11-9/h2-6,10-11H,1H3. The third-order valence-corrected chi connectivity index (χ3v) is 1.75.